The molecule has 1 aromatic heterocycles. The average molecular weight is 506 g/mol. The van der Waals surface area contributed by atoms with E-state index in [4.69, 9.17) is 4.52 Å². The third-order valence-corrected chi connectivity index (χ3v) is 6.52. The Bertz CT molecular complexity index is 1330. The van der Waals surface area contributed by atoms with Gasteiger partial charge in [-0.1, -0.05) is 65.8 Å². The van der Waals surface area contributed by atoms with Crippen molar-refractivity contribution in [1.29, 1.82) is 0 Å². The highest BCUT2D eigenvalue weighted by molar-refractivity contribution is 5.94. The number of alkyl halides is 3. The van der Waals surface area contributed by atoms with Crippen molar-refractivity contribution in [3.8, 4) is 11.3 Å². The Kier molecular flexibility index (Phi) is 6.99. The molecule has 5 rings (SSSR count). The van der Waals surface area contributed by atoms with Crippen molar-refractivity contribution in [3.05, 3.63) is 107 Å². The molecule has 4 aromatic rings. The van der Waals surface area contributed by atoms with Crippen LogP contribution in [0.3, 0.4) is 0 Å². The Labute approximate surface area is 213 Å². The molecule has 0 aliphatic carbocycles. The Morgan fingerprint density at radius 3 is 2.11 bits per heavy atom. The summed E-state index contributed by atoms with van der Waals surface area (Å²) in [6.45, 7) is 2.14. The van der Waals surface area contributed by atoms with Crippen molar-refractivity contribution < 1.29 is 22.5 Å². The lowest BCUT2D eigenvalue weighted by Gasteiger charge is -2.25. The van der Waals surface area contributed by atoms with Gasteiger partial charge in [0.15, 0.2) is 0 Å². The van der Waals surface area contributed by atoms with E-state index in [0.717, 1.165) is 54.8 Å². The monoisotopic (exact) mass is 505 g/mol. The predicted molar refractivity (Wildman–Crippen MR) is 135 cm³/mol. The molecule has 1 fully saturated rings. The van der Waals surface area contributed by atoms with Crippen molar-refractivity contribution in [1.82, 2.24) is 10.1 Å². The lowest BCUT2D eigenvalue weighted by molar-refractivity contribution is -0.137. The summed E-state index contributed by atoms with van der Waals surface area (Å²) in [5, 5.41) is 4.38. The summed E-state index contributed by atoms with van der Waals surface area (Å²) in [6, 6.07) is 23.5. The van der Waals surface area contributed by atoms with E-state index in [0.29, 0.717) is 11.6 Å². The highest BCUT2D eigenvalue weighted by atomic mass is 19.4. The number of carbonyl (C=O) groups is 1. The van der Waals surface area contributed by atoms with Gasteiger partial charge in [-0.05, 0) is 42.7 Å². The molecular weight excluding hydrogens is 479 g/mol. The quantitative estimate of drug-likeness (QED) is 0.277. The van der Waals surface area contributed by atoms with Crippen molar-refractivity contribution in [3.63, 3.8) is 0 Å². The number of rotatable bonds is 7. The molecule has 1 amide bonds. The summed E-state index contributed by atoms with van der Waals surface area (Å²) in [5.74, 6) is 0.264. The number of halogens is 3. The molecule has 0 spiro atoms. The van der Waals surface area contributed by atoms with E-state index >= 15 is 0 Å². The maximum Gasteiger partial charge on any atom is 0.416 e. The van der Waals surface area contributed by atoms with Gasteiger partial charge in [0.05, 0.1) is 17.7 Å². The first kappa shape index (κ1) is 24.6. The fourth-order valence-electron chi connectivity index (χ4n) is 4.61. The van der Waals surface area contributed by atoms with Crippen molar-refractivity contribution >= 4 is 11.8 Å². The van der Waals surface area contributed by atoms with E-state index in [9.17, 15) is 18.0 Å². The zero-order valence-electron chi connectivity index (χ0n) is 20.1. The molecule has 0 radical (unpaired) electrons. The first-order valence-corrected chi connectivity index (χ1v) is 12.2. The number of hydrogen-bond donors (Lipinski definition) is 0. The molecule has 0 bridgehead atoms. The molecule has 1 saturated heterocycles. The average Bonchev–Trinajstić information content (AvgIpc) is 3.59. The molecule has 37 heavy (non-hydrogen) atoms. The number of hydrogen-bond acceptors (Lipinski definition) is 4. The van der Waals surface area contributed by atoms with Crippen LogP contribution in [0.15, 0.2) is 89.5 Å². The first-order chi connectivity index (χ1) is 17.9. The lowest BCUT2D eigenvalue weighted by atomic mass is 10.1. The van der Waals surface area contributed by atoms with Crippen LogP contribution < -0.4 is 4.90 Å². The Balaban J connectivity index is 1.53. The van der Waals surface area contributed by atoms with E-state index in [1.807, 2.05) is 60.7 Å². The number of aromatic nitrogens is 1. The molecule has 5 nitrogen and oxygen atoms in total. The van der Waals surface area contributed by atoms with Crippen molar-refractivity contribution in [2.75, 3.05) is 18.0 Å². The van der Waals surface area contributed by atoms with Crippen molar-refractivity contribution in [2.45, 2.75) is 32.1 Å². The fourth-order valence-corrected chi connectivity index (χ4v) is 4.61. The Morgan fingerprint density at radius 2 is 1.49 bits per heavy atom. The highest BCUT2D eigenvalue weighted by Gasteiger charge is 2.31. The second-order valence-electron chi connectivity index (χ2n) is 9.10. The molecule has 0 atom stereocenters. The smallest absolute Gasteiger partial charge is 0.340 e. The highest BCUT2D eigenvalue weighted by Crippen LogP contribution is 2.35. The van der Waals surface area contributed by atoms with E-state index in [-0.39, 0.29) is 24.6 Å². The summed E-state index contributed by atoms with van der Waals surface area (Å²) in [6.07, 6.45) is -2.39. The fraction of sp³-hybridized carbons (Fsp3) is 0.241. The number of nitrogens with zero attached hydrogens (tertiary/aromatic N) is 3. The van der Waals surface area contributed by atoms with Gasteiger partial charge in [0.25, 0.3) is 5.91 Å². The summed E-state index contributed by atoms with van der Waals surface area (Å²) in [5.41, 5.74) is 2.60. The molecule has 8 heteroatoms. The normalized spacial score (nSPS) is 13.6. The Hall–Kier alpha value is -4.07. The summed E-state index contributed by atoms with van der Waals surface area (Å²) in [4.78, 5) is 17.5. The molecule has 0 saturated carbocycles. The minimum Gasteiger partial charge on any atom is -0.340 e. The molecule has 1 aliphatic heterocycles. The van der Waals surface area contributed by atoms with Crippen LogP contribution in [0, 0.1) is 0 Å². The van der Waals surface area contributed by atoms with Crippen molar-refractivity contribution in [2.24, 2.45) is 0 Å². The van der Waals surface area contributed by atoms with Gasteiger partial charge in [-0.2, -0.15) is 13.2 Å². The molecule has 190 valence electrons. The molecular formula is C29H26F3N3O2. The molecule has 0 N–H and O–H groups in total. The lowest BCUT2D eigenvalue weighted by Crippen LogP contribution is -2.31. The standard InChI is InChI=1S/C29H26F3N3O2/c30-29(31,32)24-15-13-23(14-16-24)27(36)35(19-21-9-3-1-4-10-21)20-25-26(22-11-5-2-6-12-22)33-37-28(25)34-17-7-8-18-34/h1-6,9-16H,7-8,17-20H2. The van der Waals surface area contributed by atoms with E-state index in [1.165, 1.54) is 12.1 Å². The number of amides is 1. The van der Waals surface area contributed by atoms with E-state index in [1.54, 1.807) is 4.90 Å². The second-order valence-corrected chi connectivity index (χ2v) is 9.10. The van der Waals surface area contributed by atoms with Crippen LogP contribution >= 0.6 is 0 Å². The summed E-state index contributed by atoms with van der Waals surface area (Å²) in [7, 11) is 0. The van der Waals surface area contributed by atoms with Gasteiger partial charge in [0.1, 0.15) is 5.69 Å². The van der Waals surface area contributed by atoms with E-state index < -0.39 is 11.7 Å². The van der Waals surface area contributed by atoms with Crippen LogP contribution in [0.25, 0.3) is 11.3 Å². The van der Waals surface area contributed by atoms with Crippen LogP contribution in [0.2, 0.25) is 0 Å². The van der Waals surface area contributed by atoms with Gasteiger partial charge >= 0.3 is 6.18 Å². The third-order valence-electron chi connectivity index (χ3n) is 6.52. The predicted octanol–water partition coefficient (Wildman–Crippen LogP) is 6.80. The number of carbonyl (C=O) groups excluding carboxylic acids is 1. The topological polar surface area (TPSA) is 49.6 Å². The summed E-state index contributed by atoms with van der Waals surface area (Å²) < 4.78 is 45.1. The van der Waals surface area contributed by atoms with Crippen LogP contribution in [0.1, 0.15) is 39.9 Å². The van der Waals surface area contributed by atoms with E-state index in [2.05, 4.69) is 10.1 Å². The Morgan fingerprint density at radius 1 is 0.865 bits per heavy atom. The third kappa shape index (κ3) is 5.53. The summed E-state index contributed by atoms with van der Waals surface area (Å²) >= 11 is 0. The maximum atomic E-state index is 13.7. The van der Waals surface area contributed by atoms with Gasteiger partial charge < -0.3 is 14.3 Å². The van der Waals surface area contributed by atoms with Gasteiger partial charge in [0, 0.05) is 30.8 Å². The molecule has 0 unspecified atom stereocenters. The molecule has 2 heterocycles. The largest absolute Gasteiger partial charge is 0.416 e. The zero-order valence-corrected chi connectivity index (χ0v) is 20.1. The first-order valence-electron chi connectivity index (χ1n) is 12.2. The molecule has 3 aromatic carbocycles. The number of benzene rings is 3. The molecule has 1 aliphatic rings. The van der Waals surface area contributed by atoms with Gasteiger partial charge in [0.2, 0.25) is 5.88 Å². The van der Waals surface area contributed by atoms with Gasteiger partial charge in [-0.3, -0.25) is 4.79 Å². The van der Waals surface area contributed by atoms with Crippen LogP contribution in [-0.4, -0.2) is 29.1 Å². The minimum absolute atomic E-state index is 0.185. The van der Waals surface area contributed by atoms with Crippen LogP contribution in [0.4, 0.5) is 19.1 Å². The van der Waals surface area contributed by atoms with Crippen LogP contribution in [-0.2, 0) is 19.3 Å². The minimum atomic E-state index is -4.47. The van der Waals surface area contributed by atoms with Crippen LogP contribution in [0.5, 0.6) is 0 Å². The second kappa shape index (κ2) is 10.5. The number of anilines is 1. The zero-order chi connectivity index (χ0) is 25.8. The van der Waals surface area contributed by atoms with Gasteiger partial charge in [-0.15, -0.1) is 0 Å². The van der Waals surface area contributed by atoms with Gasteiger partial charge in [-0.25, -0.2) is 0 Å². The maximum absolute atomic E-state index is 13.7. The SMILES string of the molecule is O=C(c1ccc(C(F)(F)F)cc1)N(Cc1ccccc1)Cc1c(-c2ccccc2)noc1N1CCCC1.